The van der Waals surface area contributed by atoms with Gasteiger partial charge in [0, 0.05) is 22.5 Å². The van der Waals surface area contributed by atoms with Crippen LogP contribution in [0.25, 0.3) is 0 Å². The summed E-state index contributed by atoms with van der Waals surface area (Å²) in [6.07, 6.45) is 3.89. The molecule has 3 rings (SSSR count). The molecule has 1 aliphatic carbocycles. The van der Waals surface area contributed by atoms with Gasteiger partial charge in [0.15, 0.2) is 0 Å². The van der Waals surface area contributed by atoms with Gasteiger partial charge in [-0.1, -0.05) is 60.7 Å². The zero-order chi connectivity index (χ0) is 28.2. The Bertz CT molecular complexity index is 998. The summed E-state index contributed by atoms with van der Waals surface area (Å²) in [4.78, 5) is 12.7. The van der Waals surface area contributed by atoms with E-state index in [0.717, 1.165) is 10.5 Å². The zero-order valence-corrected chi connectivity index (χ0v) is 23.8. The molecule has 1 fully saturated rings. The van der Waals surface area contributed by atoms with E-state index in [-0.39, 0.29) is 24.4 Å². The first-order chi connectivity index (χ1) is 18.8. The molecule has 39 heavy (non-hydrogen) atoms. The van der Waals surface area contributed by atoms with Crippen molar-refractivity contribution in [2.24, 2.45) is 11.8 Å². The van der Waals surface area contributed by atoms with Gasteiger partial charge in [-0.3, -0.25) is 4.79 Å². The molecule has 0 saturated heterocycles. The molecule has 1 aliphatic rings. The lowest BCUT2D eigenvalue weighted by Gasteiger charge is -2.35. The molecule has 1 saturated carbocycles. The molecular weight excluding hydrogens is 512 g/mol. The van der Waals surface area contributed by atoms with Crippen LogP contribution < -0.4 is 0 Å². The molecule has 7 atom stereocenters. The normalized spacial score (nSPS) is 23.7. The maximum absolute atomic E-state index is 11.7. The van der Waals surface area contributed by atoms with Gasteiger partial charge in [-0.2, -0.15) is 0 Å². The van der Waals surface area contributed by atoms with Crippen molar-refractivity contribution in [3.8, 4) is 0 Å². The minimum absolute atomic E-state index is 0.117. The monoisotopic (exact) mass is 556 g/mol. The maximum atomic E-state index is 11.7. The molecule has 0 radical (unpaired) electrons. The van der Waals surface area contributed by atoms with Crippen LogP contribution in [0.5, 0.6) is 0 Å². The molecule has 0 amide bonds. The first kappa shape index (κ1) is 31.4. The van der Waals surface area contributed by atoms with E-state index in [0.29, 0.717) is 38.5 Å². The molecule has 4 N–H and O–H groups in total. The number of aliphatic hydroxyl groups is 4. The van der Waals surface area contributed by atoms with Crippen molar-refractivity contribution in [2.45, 2.75) is 99.5 Å². The summed E-state index contributed by atoms with van der Waals surface area (Å²) >= 11 is 1.45. The van der Waals surface area contributed by atoms with Crippen LogP contribution in [-0.2, 0) is 16.0 Å². The Kier molecular flexibility index (Phi) is 13.0. The number of hydrogen-bond acceptors (Lipinski definition) is 7. The van der Waals surface area contributed by atoms with Gasteiger partial charge >= 0.3 is 5.97 Å². The number of thioether (sulfide) groups is 1. The van der Waals surface area contributed by atoms with Crippen molar-refractivity contribution in [1.29, 1.82) is 0 Å². The van der Waals surface area contributed by atoms with Gasteiger partial charge in [0.05, 0.1) is 30.5 Å². The van der Waals surface area contributed by atoms with E-state index in [2.05, 4.69) is 0 Å². The van der Waals surface area contributed by atoms with Crippen molar-refractivity contribution < 1.29 is 30.0 Å². The lowest BCUT2D eigenvalue weighted by atomic mass is 9.84. The number of allylic oxidation sites excluding steroid dienone is 2. The van der Waals surface area contributed by atoms with Crippen molar-refractivity contribution in [2.75, 3.05) is 0 Å². The van der Waals surface area contributed by atoms with E-state index in [9.17, 15) is 25.2 Å². The molecule has 0 unspecified atom stereocenters. The van der Waals surface area contributed by atoms with Crippen LogP contribution in [-0.4, -0.2) is 62.2 Å². The van der Waals surface area contributed by atoms with Gasteiger partial charge in [-0.25, -0.2) is 0 Å². The van der Waals surface area contributed by atoms with Crippen molar-refractivity contribution >= 4 is 17.7 Å². The highest BCUT2D eigenvalue weighted by Crippen LogP contribution is 2.45. The van der Waals surface area contributed by atoms with E-state index < -0.39 is 35.6 Å². The number of aliphatic hydroxyl groups excluding tert-OH is 4. The first-order valence-electron chi connectivity index (χ1n) is 14.1. The van der Waals surface area contributed by atoms with Crippen LogP contribution in [0.3, 0.4) is 0 Å². The molecule has 2 aromatic carbocycles. The molecular formula is C32H44O6S. The molecule has 0 aliphatic heterocycles. The fraction of sp³-hybridized carbons (Fsp3) is 0.531. The third-order valence-electron chi connectivity index (χ3n) is 7.31. The highest BCUT2D eigenvalue weighted by Gasteiger charge is 2.48. The van der Waals surface area contributed by atoms with Gasteiger partial charge in [0.2, 0.25) is 0 Å². The second-order valence-electron chi connectivity index (χ2n) is 10.7. The summed E-state index contributed by atoms with van der Waals surface area (Å²) in [7, 11) is 0. The number of hydrogen-bond donors (Lipinski definition) is 4. The van der Waals surface area contributed by atoms with Crippen LogP contribution in [0.15, 0.2) is 77.7 Å². The number of carbonyl (C=O) groups is 1. The molecule has 6 nitrogen and oxygen atoms in total. The number of rotatable bonds is 15. The Morgan fingerprint density at radius 3 is 2.33 bits per heavy atom. The van der Waals surface area contributed by atoms with Gasteiger partial charge in [0.1, 0.15) is 0 Å². The highest BCUT2D eigenvalue weighted by molar-refractivity contribution is 8.00. The van der Waals surface area contributed by atoms with Crippen LogP contribution in [0.4, 0.5) is 0 Å². The summed E-state index contributed by atoms with van der Waals surface area (Å²) in [5.41, 5.74) is 1.09. The van der Waals surface area contributed by atoms with E-state index in [1.807, 2.05) is 86.7 Å². The van der Waals surface area contributed by atoms with E-state index >= 15 is 0 Å². The summed E-state index contributed by atoms with van der Waals surface area (Å²) in [5, 5.41) is 43.9. The largest absolute Gasteiger partial charge is 0.463 e. The van der Waals surface area contributed by atoms with E-state index in [4.69, 9.17) is 4.74 Å². The van der Waals surface area contributed by atoms with Crippen molar-refractivity contribution in [3.63, 3.8) is 0 Å². The summed E-state index contributed by atoms with van der Waals surface area (Å²) in [5.74, 6) is -0.870. The molecule has 2 aromatic rings. The fourth-order valence-electron chi connectivity index (χ4n) is 5.34. The smallest absolute Gasteiger partial charge is 0.306 e. The van der Waals surface area contributed by atoms with E-state index in [1.165, 1.54) is 11.8 Å². The van der Waals surface area contributed by atoms with Crippen molar-refractivity contribution in [1.82, 2.24) is 0 Å². The number of carbonyl (C=O) groups excluding carboxylic acids is 1. The molecule has 0 aromatic heterocycles. The second kappa shape index (κ2) is 16.2. The van der Waals surface area contributed by atoms with Crippen LogP contribution in [0.1, 0.15) is 57.9 Å². The van der Waals surface area contributed by atoms with Crippen LogP contribution >= 0.6 is 11.8 Å². The molecule has 0 bridgehead atoms. The third-order valence-corrected chi connectivity index (χ3v) is 8.72. The molecule has 0 heterocycles. The average Bonchev–Trinajstić information content (AvgIpc) is 3.20. The maximum Gasteiger partial charge on any atom is 0.306 e. The quantitative estimate of drug-likeness (QED) is 0.107. The van der Waals surface area contributed by atoms with Gasteiger partial charge < -0.3 is 25.2 Å². The number of ether oxygens (including phenoxy) is 1. The van der Waals surface area contributed by atoms with Crippen LogP contribution in [0.2, 0.25) is 0 Å². The Labute approximate surface area is 237 Å². The number of unbranched alkanes of at least 4 members (excludes halogenated alkanes) is 1. The summed E-state index contributed by atoms with van der Waals surface area (Å²) < 4.78 is 5.17. The third kappa shape index (κ3) is 10.1. The minimum atomic E-state index is -1.08. The Morgan fingerprint density at radius 1 is 1.00 bits per heavy atom. The standard InChI is InChI=1S/C32H44O6S/c1-22(2)38-29(36)18-12-4-3-11-17-25-27(34)21-28(35)30(25)32(39-24-15-9-6-10-16-24)31(37)26(33)20-19-23-13-7-5-8-14-23/h3,5-11,13-16,22,25-28,30-35,37H,4,12,17-21H2,1-2H3/b11-3-/t25-,26+,27-,28+,30+,31+,32-/m0/s1. The Balaban J connectivity index is 1.68. The minimum Gasteiger partial charge on any atom is -0.463 e. The van der Waals surface area contributed by atoms with Crippen LogP contribution in [0, 0.1) is 11.8 Å². The number of esters is 1. The SMILES string of the molecule is CC(C)OC(=O)CCC/C=C\C[C@@H]1[C@@H]([C@H](Sc2ccccc2)[C@H](O)[C@H](O)CCc2ccccc2)[C@H](O)C[C@@H]1O. The van der Waals surface area contributed by atoms with Gasteiger partial charge in [-0.05, 0) is 76.0 Å². The fourth-order valence-corrected chi connectivity index (χ4v) is 6.83. The highest BCUT2D eigenvalue weighted by atomic mass is 32.2. The second-order valence-corrected chi connectivity index (χ2v) is 12.0. The predicted octanol–water partition coefficient (Wildman–Crippen LogP) is 4.93. The number of benzene rings is 2. The van der Waals surface area contributed by atoms with Crippen molar-refractivity contribution in [3.05, 3.63) is 78.4 Å². The molecule has 7 heteroatoms. The summed E-state index contributed by atoms with van der Waals surface area (Å²) in [6, 6.07) is 19.6. The lowest BCUT2D eigenvalue weighted by Crippen LogP contribution is -2.45. The first-order valence-corrected chi connectivity index (χ1v) is 15.0. The lowest BCUT2D eigenvalue weighted by molar-refractivity contribution is -0.147. The van der Waals surface area contributed by atoms with Gasteiger partial charge in [0.25, 0.3) is 0 Å². The predicted molar refractivity (Wildman–Crippen MR) is 155 cm³/mol. The zero-order valence-electron chi connectivity index (χ0n) is 23.0. The molecule has 0 spiro atoms. The van der Waals surface area contributed by atoms with E-state index in [1.54, 1.807) is 0 Å². The Morgan fingerprint density at radius 2 is 1.67 bits per heavy atom. The molecule has 214 valence electrons. The topological polar surface area (TPSA) is 107 Å². The average molecular weight is 557 g/mol. The number of aryl methyl sites for hydroxylation is 1. The Hall–Kier alpha value is -2.16. The summed E-state index contributed by atoms with van der Waals surface area (Å²) in [6.45, 7) is 3.66. The van der Waals surface area contributed by atoms with Gasteiger partial charge in [-0.15, -0.1) is 11.8 Å².